The Morgan fingerprint density at radius 3 is 2.23 bits per heavy atom. The van der Waals surface area contributed by atoms with Gasteiger partial charge in [-0.1, -0.05) is 30.3 Å². The fraction of sp³-hybridized carbons (Fsp3) is 0.579. The predicted molar refractivity (Wildman–Crippen MR) is 96.4 cm³/mol. The molecule has 0 bridgehead atoms. The van der Waals surface area contributed by atoms with E-state index in [4.69, 9.17) is 14.2 Å². The number of benzene rings is 1. The molecule has 0 saturated heterocycles. The van der Waals surface area contributed by atoms with Gasteiger partial charge in [0.05, 0.1) is 13.2 Å². The highest BCUT2D eigenvalue weighted by Gasteiger charge is 2.35. The lowest BCUT2D eigenvalue weighted by Gasteiger charge is -2.29. The lowest BCUT2D eigenvalue weighted by atomic mass is 10.2. The third-order valence-corrected chi connectivity index (χ3v) is 4.16. The number of hydrogen-bond donors (Lipinski definition) is 2. The van der Waals surface area contributed by atoms with Crippen LogP contribution in [0.25, 0.3) is 0 Å². The zero-order valence-corrected chi connectivity index (χ0v) is 15.3. The van der Waals surface area contributed by atoms with Crippen molar-refractivity contribution in [1.29, 1.82) is 0 Å². The minimum atomic E-state index is -0.603. The quantitative estimate of drug-likeness (QED) is 0.492. The number of carbonyl (C=O) groups excluding carboxylic acids is 2. The normalized spacial score (nSPS) is 15.4. The van der Waals surface area contributed by atoms with Crippen LogP contribution in [0.4, 0.5) is 4.79 Å². The van der Waals surface area contributed by atoms with Crippen LogP contribution in [0.15, 0.2) is 30.3 Å². The number of ether oxygens (including phenoxy) is 3. The fourth-order valence-corrected chi connectivity index (χ4v) is 2.87. The minimum absolute atomic E-state index is 0.0757. The summed E-state index contributed by atoms with van der Waals surface area (Å²) < 4.78 is 16.9. The van der Waals surface area contributed by atoms with Crippen molar-refractivity contribution in [3.63, 3.8) is 0 Å². The molecule has 2 amide bonds. The second-order valence-electron chi connectivity index (χ2n) is 6.29. The van der Waals surface area contributed by atoms with Crippen molar-refractivity contribution in [2.24, 2.45) is 0 Å². The van der Waals surface area contributed by atoms with E-state index < -0.39 is 11.9 Å². The molecule has 2 N–H and O–H groups in total. The van der Waals surface area contributed by atoms with Gasteiger partial charge in [0.25, 0.3) is 0 Å². The maximum atomic E-state index is 11.7. The number of hydrogen-bond acceptors (Lipinski definition) is 5. The number of carbonyl (C=O) groups is 2. The molecule has 1 saturated carbocycles. The van der Waals surface area contributed by atoms with Crippen molar-refractivity contribution in [1.82, 2.24) is 10.6 Å². The largest absolute Gasteiger partial charge is 0.445 e. The standard InChI is InChI=1S/C19H28N2O5/c1-16(22)20-11-13-25-19(9-5-6-10-19)26-14-12-21-18(23)24-15-17-7-3-2-4-8-17/h2-4,7-8H,5-6,9-15H2,1H3,(H,20,22)(H,21,23). The van der Waals surface area contributed by atoms with Gasteiger partial charge in [0, 0.05) is 32.9 Å². The van der Waals surface area contributed by atoms with Gasteiger partial charge >= 0.3 is 6.09 Å². The van der Waals surface area contributed by atoms with Crippen molar-refractivity contribution in [2.75, 3.05) is 26.3 Å². The summed E-state index contributed by atoms with van der Waals surface area (Å²) in [6.07, 6.45) is 3.28. The van der Waals surface area contributed by atoms with E-state index in [1.54, 1.807) is 0 Å². The Morgan fingerprint density at radius 2 is 1.62 bits per heavy atom. The molecule has 0 atom stereocenters. The van der Waals surface area contributed by atoms with E-state index in [0.29, 0.717) is 26.3 Å². The Hall–Kier alpha value is -2.12. The second-order valence-corrected chi connectivity index (χ2v) is 6.29. The van der Waals surface area contributed by atoms with Crippen molar-refractivity contribution in [3.05, 3.63) is 35.9 Å². The van der Waals surface area contributed by atoms with Gasteiger partial charge in [0.2, 0.25) is 5.91 Å². The van der Waals surface area contributed by atoms with E-state index in [1.807, 2.05) is 30.3 Å². The third-order valence-electron chi connectivity index (χ3n) is 4.16. The van der Waals surface area contributed by atoms with Crippen molar-refractivity contribution >= 4 is 12.0 Å². The summed E-state index contributed by atoms with van der Waals surface area (Å²) in [6, 6.07) is 9.52. The second kappa shape index (κ2) is 10.8. The molecule has 0 aliphatic heterocycles. The predicted octanol–water partition coefficient (Wildman–Crippen LogP) is 2.35. The topological polar surface area (TPSA) is 85.9 Å². The lowest BCUT2D eigenvalue weighted by molar-refractivity contribution is -0.230. The van der Waals surface area contributed by atoms with Gasteiger partial charge in [-0.25, -0.2) is 4.79 Å². The average Bonchev–Trinajstić information content (AvgIpc) is 3.10. The number of nitrogens with one attached hydrogen (secondary N) is 2. The van der Waals surface area contributed by atoms with Crippen LogP contribution in [0.5, 0.6) is 0 Å². The van der Waals surface area contributed by atoms with Crippen LogP contribution in [0.1, 0.15) is 38.2 Å². The summed E-state index contributed by atoms with van der Waals surface area (Å²) in [5, 5.41) is 5.38. The van der Waals surface area contributed by atoms with Crippen LogP contribution in [0.3, 0.4) is 0 Å². The molecule has 1 aromatic rings. The lowest BCUT2D eigenvalue weighted by Crippen LogP contribution is -2.38. The molecule has 7 heteroatoms. The van der Waals surface area contributed by atoms with E-state index in [1.165, 1.54) is 6.92 Å². The van der Waals surface area contributed by atoms with E-state index >= 15 is 0 Å². The molecule has 0 heterocycles. The zero-order chi connectivity index (χ0) is 18.7. The van der Waals surface area contributed by atoms with E-state index in [-0.39, 0.29) is 12.5 Å². The van der Waals surface area contributed by atoms with Crippen molar-refractivity contribution in [3.8, 4) is 0 Å². The van der Waals surface area contributed by atoms with Crippen LogP contribution in [-0.4, -0.2) is 44.1 Å². The zero-order valence-electron chi connectivity index (χ0n) is 15.3. The molecule has 1 aliphatic rings. The summed E-state index contributed by atoms with van der Waals surface area (Å²) in [5.41, 5.74) is 0.941. The van der Waals surface area contributed by atoms with Crippen LogP contribution >= 0.6 is 0 Å². The van der Waals surface area contributed by atoms with E-state index in [2.05, 4.69) is 10.6 Å². The average molecular weight is 364 g/mol. The molecule has 26 heavy (non-hydrogen) atoms. The van der Waals surface area contributed by atoms with Crippen LogP contribution in [0.2, 0.25) is 0 Å². The summed E-state index contributed by atoms with van der Waals surface area (Å²) in [6.45, 7) is 3.29. The minimum Gasteiger partial charge on any atom is -0.445 e. The first-order valence-corrected chi connectivity index (χ1v) is 9.07. The Labute approximate surface area is 154 Å². The SMILES string of the molecule is CC(=O)NCCOC1(OCCNC(=O)OCc2ccccc2)CCCC1. The fourth-order valence-electron chi connectivity index (χ4n) is 2.87. The Kier molecular flexibility index (Phi) is 8.37. The third kappa shape index (κ3) is 7.41. The highest BCUT2D eigenvalue weighted by atomic mass is 16.7. The van der Waals surface area contributed by atoms with Crippen molar-refractivity contribution < 1.29 is 23.8 Å². The highest BCUT2D eigenvalue weighted by molar-refractivity contribution is 5.72. The molecule has 1 aliphatic carbocycles. The number of alkyl carbamates (subject to hydrolysis) is 1. The molecular weight excluding hydrogens is 336 g/mol. The van der Waals surface area contributed by atoms with Gasteiger partial charge in [0.15, 0.2) is 5.79 Å². The number of rotatable bonds is 10. The van der Waals surface area contributed by atoms with E-state index in [0.717, 1.165) is 31.2 Å². The molecule has 2 rings (SSSR count). The van der Waals surface area contributed by atoms with Crippen molar-refractivity contribution in [2.45, 2.75) is 45.0 Å². The van der Waals surface area contributed by atoms with Crippen LogP contribution < -0.4 is 10.6 Å². The maximum absolute atomic E-state index is 11.7. The smallest absolute Gasteiger partial charge is 0.407 e. The summed E-state index contributed by atoms with van der Waals surface area (Å²) in [4.78, 5) is 22.6. The van der Waals surface area contributed by atoms with Gasteiger partial charge in [-0.2, -0.15) is 0 Å². The van der Waals surface area contributed by atoms with Gasteiger partial charge in [-0.15, -0.1) is 0 Å². The number of amides is 2. The van der Waals surface area contributed by atoms with Gasteiger partial charge < -0.3 is 24.8 Å². The summed E-state index contributed by atoms with van der Waals surface area (Å²) >= 11 is 0. The first-order valence-electron chi connectivity index (χ1n) is 9.07. The molecule has 1 fully saturated rings. The molecule has 0 unspecified atom stereocenters. The molecule has 7 nitrogen and oxygen atoms in total. The maximum Gasteiger partial charge on any atom is 0.407 e. The van der Waals surface area contributed by atoms with Gasteiger partial charge in [0.1, 0.15) is 6.61 Å². The van der Waals surface area contributed by atoms with Crippen LogP contribution in [-0.2, 0) is 25.6 Å². The first-order chi connectivity index (χ1) is 12.6. The Balaban J connectivity index is 1.61. The summed E-state index contributed by atoms with van der Waals surface area (Å²) in [7, 11) is 0. The Morgan fingerprint density at radius 1 is 1.00 bits per heavy atom. The molecule has 1 aromatic carbocycles. The first kappa shape index (κ1) is 20.2. The highest BCUT2D eigenvalue weighted by Crippen LogP contribution is 2.34. The van der Waals surface area contributed by atoms with Gasteiger partial charge in [-0.3, -0.25) is 4.79 Å². The van der Waals surface area contributed by atoms with Crippen LogP contribution in [0, 0.1) is 0 Å². The molecule has 144 valence electrons. The monoisotopic (exact) mass is 364 g/mol. The molecular formula is C19H28N2O5. The molecule has 0 spiro atoms. The van der Waals surface area contributed by atoms with Gasteiger partial charge in [-0.05, 0) is 18.4 Å². The molecule has 0 radical (unpaired) electrons. The molecule has 0 aromatic heterocycles. The Bertz CT molecular complexity index is 558. The summed E-state index contributed by atoms with van der Waals surface area (Å²) in [5.74, 6) is -0.679. The van der Waals surface area contributed by atoms with E-state index in [9.17, 15) is 9.59 Å².